The average Bonchev–Trinajstić information content (AvgIpc) is 2.30. The lowest BCUT2D eigenvalue weighted by molar-refractivity contribution is 0.191. The standard InChI is InChI=1S/C13H20ClNO2/c1-4-17-13-6-5-11(9-12(13)14)15-10(2)7-8-16-3/h5-6,9-10,15H,4,7-8H2,1-3H3. The van der Waals surface area contributed by atoms with Gasteiger partial charge in [-0.2, -0.15) is 0 Å². The molecule has 0 saturated heterocycles. The van der Waals surface area contributed by atoms with Crippen LogP contribution >= 0.6 is 11.6 Å². The molecule has 0 aliphatic heterocycles. The van der Waals surface area contributed by atoms with Crippen molar-refractivity contribution in [2.24, 2.45) is 0 Å². The highest BCUT2D eigenvalue weighted by molar-refractivity contribution is 6.32. The van der Waals surface area contributed by atoms with Gasteiger partial charge < -0.3 is 14.8 Å². The van der Waals surface area contributed by atoms with Crippen LogP contribution in [0.2, 0.25) is 5.02 Å². The minimum Gasteiger partial charge on any atom is -0.492 e. The zero-order chi connectivity index (χ0) is 12.7. The van der Waals surface area contributed by atoms with Crippen molar-refractivity contribution < 1.29 is 9.47 Å². The quantitative estimate of drug-likeness (QED) is 0.810. The molecule has 1 unspecified atom stereocenters. The molecule has 1 aromatic carbocycles. The Balaban J connectivity index is 2.57. The number of benzene rings is 1. The van der Waals surface area contributed by atoms with Crippen LogP contribution in [0.5, 0.6) is 5.75 Å². The van der Waals surface area contributed by atoms with Gasteiger partial charge in [-0.3, -0.25) is 0 Å². The molecule has 0 aliphatic carbocycles. The highest BCUT2D eigenvalue weighted by atomic mass is 35.5. The second kappa shape index (κ2) is 7.41. The molecule has 96 valence electrons. The van der Waals surface area contributed by atoms with E-state index in [2.05, 4.69) is 12.2 Å². The molecule has 0 aliphatic rings. The summed E-state index contributed by atoms with van der Waals surface area (Å²) in [4.78, 5) is 0. The maximum absolute atomic E-state index is 6.11. The normalized spacial score (nSPS) is 12.2. The van der Waals surface area contributed by atoms with E-state index in [0.29, 0.717) is 17.7 Å². The summed E-state index contributed by atoms with van der Waals surface area (Å²) in [6.07, 6.45) is 0.960. The summed E-state index contributed by atoms with van der Waals surface area (Å²) in [7, 11) is 1.71. The molecule has 1 aromatic rings. The SMILES string of the molecule is CCOc1ccc(NC(C)CCOC)cc1Cl. The zero-order valence-corrected chi connectivity index (χ0v) is 11.4. The van der Waals surface area contributed by atoms with Gasteiger partial charge in [0.05, 0.1) is 11.6 Å². The first-order valence-electron chi connectivity index (χ1n) is 5.85. The van der Waals surface area contributed by atoms with Gasteiger partial charge in [-0.05, 0) is 38.5 Å². The summed E-state index contributed by atoms with van der Waals surface area (Å²) in [6.45, 7) is 5.42. The van der Waals surface area contributed by atoms with E-state index in [0.717, 1.165) is 24.5 Å². The smallest absolute Gasteiger partial charge is 0.138 e. The van der Waals surface area contributed by atoms with Crippen molar-refractivity contribution in [2.45, 2.75) is 26.3 Å². The molecule has 0 heterocycles. The van der Waals surface area contributed by atoms with Gasteiger partial charge in [0.1, 0.15) is 5.75 Å². The third-order valence-electron chi connectivity index (χ3n) is 2.40. The third kappa shape index (κ3) is 4.84. The first-order valence-corrected chi connectivity index (χ1v) is 6.23. The predicted molar refractivity (Wildman–Crippen MR) is 72.2 cm³/mol. The molecule has 0 radical (unpaired) electrons. The van der Waals surface area contributed by atoms with Crippen molar-refractivity contribution in [1.82, 2.24) is 0 Å². The van der Waals surface area contributed by atoms with E-state index in [9.17, 15) is 0 Å². The van der Waals surface area contributed by atoms with Crippen molar-refractivity contribution >= 4 is 17.3 Å². The van der Waals surface area contributed by atoms with Gasteiger partial charge in [-0.15, -0.1) is 0 Å². The maximum Gasteiger partial charge on any atom is 0.138 e. The minimum absolute atomic E-state index is 0.351. The van der Waals surface area contributed by atoms with E-state index in [1.807, 2.05) is 25.1 Å². The van der Waals surface area contributed by atoms with Crippen LogP contribution in [0.4, 0.5) is 5.69 Å². The first-order chi connectivity index (χ1) is 8.17. The van der Waals surface area contributed by atoms with Crippen LogP contribution < -0.4 is 10.1 Å². The van der Waals surface area contributed by atoms with Crippen LogP contribution in [0.1, 0.15) is 20.3 Å². The summed E-state index contributed by atoms with van der Waals surface area (Å²) in [5.41, 5.74) is 1.00. The molecule has 0 fully saturated rings. The largest absolute Gasteiger partial charge is 0.492 e. The Morgan fingerprint density at radius 2 is 2.18 bits per heavy atom. The van der Waals surface area contributed by atoms with Crippen LogP contribution in [0.3, 0.4) is 0 Å². The molecule has 0 bridgehead atoms. The molecule has 0 spiro atoms. The van der Waals surface area contributed by atoms with Gasteiger partial charge >= 0.3 is 0 Å². The summed E-state index contributed by atoms with van der Waals surface area (Å²) >= 11 is 6.11. The Morgan fingerprint density at radius 1 is 1.41 bits per heavy atom. The van der Waals surface area contributed by atoms with Gasteiger partial charge in [-0.25, -0.2) is 0 Å². The van der Waals surface area contributed by atoms with E-state index >= 15 is 0 Å². The summed E-state index contributed by atoms with van der Waals surface area (Å²) in [5.74, 6) is 0.726. The highest BCUT2D eigenvalue weighted by Gasteiger charge is 2.05. The van der Waals surface area contributed by atoms with Gasteiger partial charge in [0.2, 0.25) is 0 Å². The second-order valence-corrected chi connectivity index (χ2v) is 4.31. The van der Waals surface area contributed by atoms with E-state index in [-0.39, 0.29) is 0 Å². The lowest BCUT2D eigenvalue weighted by Crippen LogP contribution is -2.17. The maximum atomic E-state index is 6.11. The fourth-order valence-corrected chi connectivity index (χ4v) is 1.75. The molecule has 1 N–H and O–H groups in total. The number of rotatable bonds is 7. The van der Waals surface area contributed by atoms with E-state index in [1.54, 1.807) is 7.11 Å². The van der Waals surface area contributed by atoms with Crippen molar-refractivity contribution in [1.29, 1.82) is 0 Å². The predicted octanol–water partition coefficient (Wildman–Crippen LogP) is 3.58. The van der Waals surface area contributed by atoms with Gasteiger partial charge in [0.25, 0.3) is 0 Å². The number of anilines is 1. The molecular weight excluding hydrogens is 238 g/mol. The van der Waals surface area contributed by atoms with Crippen molar-refractivity contribution in [2.75, 3.05) is 25.6 Å². The Morgan fingerprint density at radius 3 is 2.76 bits per heavy atom. The summed E-state index contributed by atoms with van der Waals surface area (Å²) in [6, 6.07) is 6.09. The van der Waals surface area contributed by atoms with Crippen LogP contribution in [0.15, 0.2) is 18.2 Å². The van der Waals surface area contributed by atoms with Crippen LogP contribution in [-0.2, 0) is 4.74 Å². The molecule has 1 atom stereocenters. The average molecular weight is 258 g/mol. The molecule has 3 nitrogen and oxygen atoms in total. The highest BCUT2D eigenvalue weighted by Crippen LogP contribution is 2.28. The van der Waals surface area contributed by atoms with Crippen LogP contribution in [0.25, 0.3) is 0 Å². The van der Waals surface area contributed by atoms with Crippen LogP contribution in [0, 0.1) is 0 Å². The molecule has 0 aromatic heterocycles. The van der Waals surface area contributed by atoms with E-state index < -0.39 is 0 Å². The summed E-state index contributed by atoms with van der Waals surface area (Å²) < 4.78 is 10.4. The third-order valence-corrected chi connectivity index (χ3v) is 2.70. The lowest BCUT2D eigenvalue weighted by Gasteiger charge is -2.15. The van der Waals surface area contributed by atoms with Gasteiger partial charge in [0, 0.05) is 25.4 Å². The molecule has 17 heavy (non-hydrogen) atoms. The molecular formula is C13H20ClNO2. The topological polar surface area (TPSA) is 30.5 Å². The Kier molecular flexibility index (Phi) is 6.16. The molecule has 0 saturated carbocycles. The van der Waals surface area contributed by atoms with Crippen LogP contribution in [-0.4, -0.2) is 26.4 Å². The number of nitrogens with one attached hydrogen (secondary N) is 1. The fraction of sp³-hybridized carbons (Fsp3) is 0.538. The van der Waals surface area contributed by atoms with Crippen molar-refractivity contribution in [3.63, 3.8) is 0 Å². The number of halogens is 1. The number of hydrogen-bond acceptors (Lipinski definition) is 3. The zero-order valence-electron chi connectivity index (χ0n) is 10.6. The summed E-state index contributed by atoms with van der Waals surface area (Å²) in [5, 5.41) is 4.00. The Labute approximate surface area is 108 Å². The van der Waals surface area contributed by atoms with E-state index in [4.69, 9.17) is 21.1 Å². The van der Waals surface area contributed by atoms with Crippen molar-refractivity contribution in [3.8, 4) is 5.75 Å². The first kappa shape index (κ1) is 14.1. The second-order valence-electron chi connectivity index (χ2n) is 3.91. The molecule has 0 amide bonds. The number of ether oxygens (including phenoxy) is 2. The van der Waals surface area contributed by atoms with Gasteiger partial charge in [0.15, 0.2) is 0 Å². The van der Waals surface area contributed by atoms with Crippen molar-refractivity contribution in [3.05, 3.63) is 23.2 Å². The Bertz CT molecular complexity index is 344. The number of methoxy groups -OCH3 is 1. The molecule has 4 heteroatoms. The fourth-order valence-electron chi connectivity index (χ4n) is 1.51. The Hall–Kier alpha value is -0.930. The lowest BCUT2D eigenvalue weighted by atomic mass is 10.2. The number of hydrogen-bond donors (Lipinski definition) is 1. The molecule has 1 rings (SSSR count). The monoisotopic (exact) mass is 257 g/mol. The minimum atomic E-state index is 0.351. The van der Waals surface area contributed by atoms with Gasteiger partial charge in [-0.1, -0.05) is 11.6 Å². The van der Waals surface area contributed by atoms with E-state index in [1.165, 1.54) is 0 Å².